The topological polar surface area (TPSA) is 60.7 Å². The van der Waals surface area contributed by atoms with E-state index in [0.29, 0.717) is 23.7 Å². The van der Waals surface area contributed by atoms with Crippen LogP contribution in [0.1, 0.15) is 58.8 Å². The molecular weight excluding hydrogens is 356 g/mol. The third-order valence-electron chi connectivity index (χ3n) is 8.59. The molecular formula is C19H31BrO3. The van der Waals surface area contributed by atoms with Crippen LogP contribution < -0.4 is 0 Å². The van der Waals surface area contributed by atoms with Crippen molar-refractivity contribution in [3.63, 3.8) is 0 Å². The van der Waals surface area contributed by atoms with Gasteiger partial charge in [-0.1, -0.05) is 29.8 Å². The first-order valence-electron chi connectivity index (χ1n) is 9.45. The van der Waals surface area contributed by atoms with Crippen LogP contribution in [-0.2, 0) is 0 Å². The van der Waals surface area contributed by atoms with Gasteiger partial charge in [0, 0.05) is 4.83 Å². The summed E-state index contributed by atoms with van der Waals surface area (Å²) in [6.45, 7) is 4.67. The molecule has 4 aliphatic rings. The fourth-order valence-electron chi connectivity index (χ4n) is 7.15. The summed E-state index contributed by atoms with van der Waals surface area (Å²) in [5.41, 5.74) is 0.216. The Bertz CT molecular complexity index is 485. The maximum absolute atomic E-state index is 11.0. The monoisotopic (exact) mass is 386 g/mol. The first-order chi connectivity index (χ1) is 10.8. The minimum absolute atomic E-state index is 0.0479. The highest BCUT2D eigenvalue weighted by Gasteiger charge is 2.63. The van der Waals surface area contributed by atoms with Crippen LogP contribution in [-0.4, -0.2) is 38.5 Å². The van der Waals surface area contributed by atoms with Gasteiger partial charge in [-0.3, -0.25) is 0 Å². The summed E-state index contributed by atoms with van der Waals surface area (Å²) < 4.78 is 0. The fourth-order valence-corrected chi connectivity index (χ4v) is 8.15. The average molecular weight is 387 g/mol. The predicted octanol–water partition coefficient (Wildman–Crippen LogP) is 3.10. The van der Waals surface area contributed by atoms with Crippen molar-refractivity contribution in [3.8, 4) is 0 Å². The number of hydrogen-bond acceptors (Lipinski definition) is 3. The third-order valence-corrected chi connectivity index (χ3v) is 9.47. The van der Waals surface area contributed by atoms with E-state index in [9.17, 15) is 15.3 Å². The zero-order valence-electron chi connectivity index (χ0n) is 14.3. The Hall–Kier alpha value is 0.360. The fraction of sp³-hybridized carbons (Fsp3) is 1.00. The molecule has 4 heteroatoms. The van der Waals surface area contributed by atoms with Crippen LogP contribution in [0.25, 0.3) is 0 Å². The zero-order chi connectivity index (χ0) is 16.6. The van der Waals surface area contributed by atoms with Crippen LogP contribution in [0, 0.1) is 34.5 Å². The second kappa shape index (κ2) is 5.43. The second-order valence-corrected chi connectivity index (χ2v) is 10.6. The van der Waals surface area contributed by atoms with Crippen molar-refractivity contribution in [1.29, 1.82) is 0 Å². The summed E-state index contributed by atoms with van der Waals surface area (Å²) in [5.74, 6) is 1.74. The van der Waals surface area contributed by atoms with Gasteiger partial charge < -0.3 is 15.3 Å². The summed E-state index contributed by atoms with van der Waals surface area (Å²) in [5, 5.41) is 31.8. The van der Waals surface area contributed by atoms with Gasteiger partial charge in [0.2, 0.25) is 0 Å². The molecule has 0 bridgehead atoms. The average Bonchev–Trinajstić information content (AvgIpc) is 2.73. The van der Waals surface area contributed by atoms with Gasteiger partial charge in [0.25, 0.3) is 0 Å². The number of aliphatic hydroxyl groups excluding tert-OH is 3. The quantitative estimate of drug-likeness (QED) is 0.560. The Balaban J connectivity index is 1.68. The Labute approximate surface area is 148 Å². The van der Waals surface area contributed by atoms with Gasteiger partial charge in [0.1, 0.15) is 0 Å². The van der Waals surface area contributed by atoms with E-state index in [0.717, 1.165) is 44.9 Å². The number of aliphatic hydroxyl groups is 3. The van der Waals surface area contributed by atoms with Crippen molar-refractivity contribution < 1.29 is 15.3 Å². The molecule has 0 saturated heterocycles. The van der Waals surface area contributed by atoms with Gasteiger partial charge in [0.15, 0.2) is 0 Å². The molecule has 0 aromatic carbocycles. The standard InChI is InChI=1S/C19H31BrO3/c1-18-5-3-11(21)7-10(18)8-15(22)16-12(18)4-6-19(2)13(16)9-14(20)17(19)23/h10-17,21-23H,3-9H2,1-2H3/t10-,11+,12+,13+,14?,15+,16-,17+,18+,19+/m1/s1. The lowest BCUT2D eigenvalue weighted by Gasteiger charge is -2.61. The normalized spacial score (nSPS) is 62.3. The smallest absolute Gasteiger partial charge is 0.0721 e. The minimum Gasteiger partial charge on any atom is -0.393 e. The molecule has 3 N–H and O–H groups in total. The molecule has 4 saturated carbocycles. The van der Waals surface area contributed by atoms with E-state index in [1.54, 1.807) is 0 Å². The van der Waals surface area contributed by atoms with Crippen LogP contribution in [0.2, 0.25) is 0 Å². The summed E-state index contributed by atoms with van der Waals surface area (Å²) in [6.07, 6.45) is 6.15. The molecule has 4 aliphatic carbocycles. The molecule has 1 unspecified atom stereocenters. The zero-order valence-corrected chi connectivity index (χ0v) is 15.9. The van der Waals surface area contributed by atoms with Crippen molar-refractivity contribution >= 4 is 15.9 Å². The Morgan fingerprint density at radius 3 is 2.30 bits per heavy atom. The minimum atomic E-state index is -0.292. The number of alkyl halides is 1. The Morgan fingerprint density at radius 2 is 1.57 bits per heavy atom. The van der Waals surface area contributed by atoms with Crippen molar-refractivity contribution in [2.45, 2.75) is 81.9 Å². The molecule has 0 aliphatic heterocycles. The van der Waals surface area contributed by atoms with E-state index in [1.807, 2.05) is 0 Å². The summed E-state index contributed by atoms with van der Waals surface area (Å²) in [4.78, 5) is 0.169. The molecule has 0 aromatic rings. The number of rotatable bonds is 0. The third kappa shape index (κ3) is 2.24. The van der Waals surface area contributed by atoms with E-state index in [1.165, 1.54) is 0 Å². The van der Waals surface area contributed by atoms with E-state index >= 15 is 0 Å². The maximum Gasteiger partial charge on any atom is 0.0721 e. The van der Waals surface area contributed by atoms with Crippen molar-refractivity contribution in [2.75, 3.05) is 0 Å². The molecule has 0 spiro atoms. The lowest BCUT2D eigenvalue weighted by molar-refractivity contribution is -0.176. The highest BCUT2D eigenvalue weighted by molar-refractivity contribution is 9.09. The van der Waals surface area contributed by atoms with Crippen LogP contribution in [0.15, 0.2) is 0 Å². The largest absolute Gasteiger partial charge is 0.393 e. The van der Waals surface area contributed by atoms with Crippen molar-refractivity contribution in [2.24, 2.45) is 34.5 Å². The Kier molecular flexibility index (Phi) is 3.97. The molecule has 10 atom stereocenters. The van der Waals surface area contributed by atoms with Gasteiger partial charge >= 0.3 is 0 Å². The predicted molar refractivity (Wildman–Crippen MR) is 93.2 cm³/mol. The maximum atomic E-state index is 11.0. The molecule has 0 aromatic heterocycles. The van der Waals surface area contributed by atoms with E-state index in [-0.39, 0.29) is 34.0 Å². The first kappa shape index (κ1) is 16.8. The number of hydrogen-bond donors (Lipinski definition) is 3. The molecule has 132 valence electrons. The van der Waals surface area contributed by atoms with Crippen molar-refractivity contribution in [3.05, 3.63) is 0 Å². The van der Waals surface area contributed by atoms with Gasteiger partial charge in [-0.2, -0.15) is 0 Å². The van der Waals surface area contributed by atoms with Gasteiger partial charge in [-0.25, -0.2) is 0 Å². The highest BCUT2D eigenvalue weighted by Crippen LogP contribution is 2.66. The number of halogens is 1. The van der Waals surface area contributed by atoms with E-state index in [4.69, 9.17) is 0 Å². The molecule has 3 nitrogen and oxygen atoms in total. The van der Waals surface area contributed by atoms with Crippen LogP contribution in [0.5, 0.6) is 0 Å². The lowest BCUT2D eigenvalue weighted by atomic mass is 9.44. The van der Waals surface area contributed by atoms with E-state index in [2.05, 4.69) is 29.8 Å². The molecule has 0 radical (unpaired) electrons. The summed E-state index contributed by atoms with van der Waals surface area (Å²) in [7, 11) is 0. The SMILES string of the molecule is C[C@]12CC[C@H](O)C[C@@H]1C[C@H](O)[C@@H]1[C@@H]2CC[C@]2(C)[C@@H](O)C(Br)C[C@@H]12. The molecule has 23 heavy (non-hydrogen) atoms. The summed E-state index contributed by atoms with van der Waals surface area (Å²) >= 11 is 3.69. The first-order valence-corrected chi connectivity index (χ1v) is 10.4. The van der Waals surface area contributed by atoms with Crippen LogP contribution >= 0.6 is 15.9 Å². The summed E-state index contributed by atoms with van der Waals surface area (Å²) in [6, 6.07) is 0. The van der Waals surface area contributed by atoms with Gasteiger partial charge in [0.05, 0.1) is 18.3 Å². The van der Waals surface area contributed by atoms with Gasteiger partial charge in [-0.15, -0.1) is 0 Å². The van der Waals surface area contributed by atoms with E-state index < -0.39 is 0 Å². The number of fused-ring (bicyclic) bond motifs is 5. The van der Waals surface area contributed by atoms with Crippen molar-refractivity contribution in [1.82, 2.24) is 0 Å². The molecule has 4 rings (SSSR count). The van der Waals surface area contributed by atoms with Crippen LogP contribution in [0.3, 0.4) is 0 Å². The molecule has 0 heterocycles. The Morgan fingerprint density at radius 1 is 0.870 bits per heavy atom. The van der Waals surface area contributed by atoms with Gasteiger partial charge in [-0.05, 0) is 79.4 Å². The molecule has 0 amide bonds. The second-order valence-electron chi connectivity index (χ2n) is 9.47. The molecule has 4 fully saturated rings. The highest BCUT2D eigenvalue weighted by atomic mass is 79.9. The van der Waals surface area contributed by atoms with Crippen LogP contribution in [0.4, 0.5) is 0 Å². The lowest BCUT2D eigenvalue weighted by Crippen LogP contribution is -2.58.